The average Bonchev–Trinajstić information content (AvgIpc) is 2.97. The molecule has 0 spiro atoms. The van der Waals surface area contributed by atoms with E-state index in [0.29, 0.717) is 21.2 Å². The van der Waals surface area contributed by atoms with Crippen molar-refractivity contribution in [2.24, 2.45) is 0 Å². The van der Waals surface area contributed by atoms with Crippen molar-refractivity contribution in [1.29, 1.82) is 5.41 Å². The van der Waals surface area contributed by atoms with Gasteiger partial charge in [-0.05, 0) is 30.3 Å². The van der Waals surface area contributed by atoms with E-state index in [0.717, 1.165) is 6.26 Å². The van der Waals surface area contributed by atoms with Gasteiger partial charge in [0.05, 0.1) is 17.6 Å². The fraction of sp³-hybridized carbons (Fsp3) is 0.0625. The number of hydrogen-bond acceptors (Lipinski definition) is 5. The molecule has 0 saturated heterocycles. The minimum atomic E-state index is -3.48. The Balaban J connectivity index is 1.99. The number of para-hydroxylation sites is 1. The molecule has 0 atom stereocenters. The number of rotatable bonds is 4. The van der Waals surface area contributed by atoms with Crippen molar-refractivity contribution in [3.63, 3.8) is 0 Å². The molecule has 3 aromatic rings. The third-order valence-corrected chi connectivity index (χ3v) is 4.16. The van der Waals surface area contributed by atoms with Gasteiger partial charge in [0.1, 0.15) is 0 Å². The molecule has 7 nitrogen and oxygen atoms in total. The summed E-state index contributed by atoms with van der Waals surface area (Å²) >= 11 is 5.89. The van der Waals surface area contributed by atoms with E-state index in [-0.39, 0.29) is 22.9 Å². The standard InChI is InChI=1S/C16H14ClN3O4S/c1-25(22,23)19-13-7-2-4-10-8-14(24-15(10)13)16(18)20(21)12-6-3-5-11(17)9-12/h2-9,18-19,21H,1H3. The molecule has 0 aliphatic rings. The zero-order valence-corrected chi connectivity index (χ0v) is 14.6. The highest BCUT2D eigenvalue weighted by Gasteiger charge is 2.18. The lowest BCUT2D eigenvalue weighted by Crippen LogP contribution is -2.26. The maximum Gasteiger partial charge on any atom is 0.229 e. The molecule has 0 unspecified atom stereocenters. The molecule has 0 aliphatic heterocycles. The first-order valence-corrected chi connectivity index (χ1v) is 9.35. The molecule has 1 heterocycles. The van der Waals surface area contributed by atoms with Crippen LogP contribution in [0.15, 0.2) is 52.9 Å². The van der Waals surface area contributed by atoms with Gasteiger partial charge in [-0.2, -0.15) is 0 Å². The highest BCUT2D eigenvalue weighted by molar-refractivity contribution is 7.92. The summed E-state index contributed by atoms with van der Waals surface area (Å²) in [5.74, 6) is -0.246. The van der Waals surface area contributed by atoms with Gasteiger partial charge in [0.2, 0.25) is 10.0 Å². The number of nitrogens with zero attached hydrogens (tertiary/aromatic N) is 1. The number of benzene rings is 2. The molecule has 3 N–H and O–H groups in total. The lowest BCUT2D eigenvalue weighted by molar-refractivity contribution is 0.309. The highest BCUT2D eigenvalue weighted by atomic mass is 35.5. The second kappa shape index (κ2) is 6.40. The van der Waals surface area contributed by atoms with Gasteiger partial charge in [-0.3, -0.25) is 15.3 Å². The summed E-state index contributed by atoms with van der Waals surface area (Å²) < 4.78 is 30.9. The van der Waals surface area contributed by atoms with Crippen LogP contribution in [0.3, 0.4) is 0 Å². The summed E-state index contributed by atoms with van der Waals surface area (Å²) in [6, 6.07) is 12.8. The van der Waals surface area contributed by atoms with Gasteiger partial charge in [-0.1, -0.05) is 29.8 Å². The number of furan rings is 1. The van der Waals surface area contributed by atoms with Crippen LogP contribution in [0.1, 0.15) is 5.76 Å². The van der Waals surface area contributed by atoms with Gasteiger partial charge in [0, 0.05) is 10.4 Å². The van der Waals surface area contributed by atoms with Gasteiger partial charge >= 0.3 is 0 Å². The minimum absolute atomic E-state index is 0.0697. The number of amidine groups is 1. The molecule has 130 valence electrons. The lowest BCUT2D eigenvalue weighted by Gasteiger charge is -2.16. The molecule has 3 rings (SSSR count). The van der Waals surface area contributed by atoms with Crippen molar-refractivity contribution in [2.75, 3.05) is 16.0 Å². The Morgan fingerprint density at radius 1 is 1.24 bits per heavy atom. The van der Waals surface area contributed by atoms with Gasteiger partial charge in [-0.25, -0.2) is 13.5 Å². The van der Waals surface area contributed by atoms with Crippen LogP contribution in [0.2, 0.25) is 5.02 Å². The van der Waals surface area contributed by atoms with E-state index in [4.69, 9.17) is 21.4 Å². The smallest absolute Gasteiger partial charge is 0.229 e. The van der Waals surface area contributed by atoms with Crippen LogP contribution < -0.4 is 9.79 Å². The number of anilines is 2. The van der Waals surface area contributed by atoms with Gasteiger partial charge in [0.25, 0.3) is 0 Å². The molecule has 9 heteroatoms. The van der Waals surface area contributed by atoms with Crippen LogP contribution in [0.5, 0.6) is 0 Å². The van der Waals surface area contributed by atoms with Crippen molar-refractivity contribution in [1.82, 2.24) is 0 Å². The largest absolute Gasteiger partial charge is 0.451 e. The second-order valence-electron chi connectivity index (χ2n) is 5.35. The highest BCUT2D eigenvalue weighted by Crippen LogP contribution is 2.29. The molecule has 0 aliphatic carbocycles. The van der Waals surface area contributed by atoms with Gasteiger partial charge in [-0.15, -0.1) is 0 Å². The first kappa shape index (κ1) is 17.3. The second-order valence-corrected chi connectivity index (χ2v) is 7.53. The number of fused-ring (bicyclic) bond motifs is 1. The third kappa shape index (κ3) is 3.76. The van der Waals surface area contributed by atoms with Crippen molar-refractivity contribution < 1.29 is 18.0 Å². The normalized spacial score (nSPS) is 11.5. The van der Waals surface area contributed by atoms with Crippen molar-refractivity contribution in [3.8, 4) is 0 Å². The monoisotopic (exact) mass is 379 g/mol. The number of hydrogen-bond donors (Lipinski definition) is 3. The van der Waals surface area contributed by atoms with Crippen molar-refractivity contribution >= 4 is 49.8 Å². The maximum absolute atomic E-state index is 11.5. The minimum Gasteiger partial charge on any atom is -0.451 e. The summed E-state index contributed by atoms with van der Waals surface area (Å²) in [5, 5.41) is 20.0. The Morgan fingerprint density at radius 3 is 2.64 bits per heavy atom. The zero-order chi connectivity index (χ0) is 18.2. The Kier molecular flexibility index (Phi) is 4.42. The van der Waals surface area contributed by atoms with Gasteiger partial charge < -0.3 is 4.42 Å². The Morgan fingerprint density at radius 2 is 1.96 bits per heavy atom. The molecular weight excluding hydrogens is 366 g/mol. The first-order valence-electron chi connectivity index (χ1n) is 7.08. The summed E-state index contributed by atoms with van der Waals surface area (Å²) in [6.45, 7) is 0. The summed E-state index contributed by atoms with van der Waals surface area (Å²) in [4.78, 5) is 0. The van der Waals surface area contributed by atoms with E-state index in [1.54, 1.807) is 42.5 Å². The number of nitrogens with one attached hydrogen (secondary N) is 2. The van der Waals surface area contributed by atoms with Crippen molar-refractivity contribution in [3.05, 3.63) is 59.3 Å². The van der Waals surface area contributed by atoms with E-state index >= 15 is 0 Å². The maximum atomic E-state index is 11.5. The third-order valence-electron chi connectivity index (χ3n) is 3.34. The van der Waals surface area contributed by atoms with Crippen LogP contribution in [-0.4, -0.2) is 25.7 Å². The SMILES string of the molecule is CS(=O)(=O)Nc1cccc2cc(C(=N)N(O)c3cccc(Cl)c3)oc12. The van der Waals surface area contributed by atoms with Crippen molar-refractivity contribution in [2.45, 2.75) is 0 Å². The van der Waals surface area contributed by atoms with Gasteiger partial charge in [0.15, 0.2) is 17.2 Å². The van der Waals surface area contributed by atoms with Crippen LogP contribution >= 0.6 is 11.6 Å². The molecule has 0 bridgehead atoms. The molecule has 25 heavy (non-hydrogen) atoms. The Labute approximate surface area is 149 Å². The van der Waals surface area contributed by atoms with E-state index < -0.39 is 10.0 Å². The van der Waals surface area contributed by atoms with Crippen LogP contribution in [0, 0.1) is 5.41 Å². The predicted molar refractivity (Wildman–Crippen MR) is 97.2 cm³/mol. The lowest BCUT2D eigenvalue weighted by atomic mass is 10.2. The van der Waals surface area contributed by atoms with Crippen LogP contribution in [0.4, 0.5) is 11.4 Å². The van der Waals surface area contributed by atoms with E-state index in [9.17, 15) is 13.6 Å². The Hall–Kier alpha value is -2.55. The molecular formula is C16H14ClN3O4S. The average molecular weight is 380 g/mol. The van der Waals surface area contributed by atoms with Crippen LogP contribution in [-0.2, 0) is 10.0 Å². The fourth-order valence-electron chi connectivity index (χ4n) is 2.30. The molecule has 1 aromatic heterocycles. The summed E-state index contributed by atoms with van der Waals surface area (Å²) in [6.07, 6.45) is 1.03. The molecule has 2 aromatic carbocycles. The quantitative estimate of drug-likeness (QED) is 0.364. The van der Waals surface area contributed by atoms with E-state index in [1.807, 2.05) is 0 Å². The number of hydroxylamine groups is 1. The Bertz CT molecular complexity index is 1060. The number of halogens is 1. The topological polar surface area (TPSA) is 107 Å². The molecule has 0 radical (unpaired) electrons. The zero-order valence-electron chi connectivity index (χ0n) is 13.0. The summed E-state index contributed by atoms with van der Waals surface area (Å²) in [5.41, 5.74) is 0.825. The molecule has 0 saturated carbocycles. The molecule has 0 amide bonds. The summed E-state index contributed by atoms with van der Waals surface area (Å²) in [7, 11) is -3.48. The number of sulfonamides is 1. The fourth-order valence-corrected chi connectivity index (χ4v) is 3.05. The van der Waals surface area contributed by atoms with E-state index in [1.165, 1.54) is 6.07 Å². The van der Waals surface area contributed by atoms with E-state index in [2.05, 4.69) is 4.72 Å². The predicted octanol–water partition coefficient (Wildman–Crippen LogP) is 3.68. The van der Waals surface area contributed by atoms with Crippen LogP contribution in [0.25, 0.3) is 11.0 Å². The first-order chi connectivity index (χ1) is 11.7. The molecule has 0 fully saturated rings.